The monoisotopic (exact) mass is 439 g/mol. The Labute approximate surface area is 187 Å². The van der Waals surface area contributed by atoms with E-state index in [4.69, 9.17) is 11.6 Å². The van der Waals surface area contributed by atoms with Crippen molar-refractivity contribution in [1.82, 2.24) is 10.3 Å². The molecule has 3 aromatic rings. The molecule has 1 aromatic heterocycles. The van der Waals surface area contributed by atoms with Crippen LogP contribution in [0.5, 0.6) is 0 Å². The van der Waals surface area contributed by atoms with Crippen LogP contribution >= 0.6 is 11.6 Å². The molecule has 1 saturated carbocycles. The molecule has 0 amide bonds. The van der Waals surface area contributed by atoms with E-state index in [1.54, 1.807) is 26.1 Å². The molecule has 162 valence electrons. The predicted molar refractivity (Wildman–Crippen MR) is 126 cm³/mol. The third-order valence-electron chi connectivity index (χ3n) is 6.35. The summed E-state index contributed by atoms with van der Waals surface area (Å²) in [6.45, 7) is 3.22. The van der Waals surface area contributed by atoms with E-state index in [0.29, 0.717) is 33.8 Å². The molecule has 1 aliphatic rings. The highest BCUT2D eigenvalue weighted by molar-refractivity contribution is 6.31. The van der Waals surface area contributed by atoms with Crippen molar-refractivity contribution in [1.29, 1.82) is 0 Å². The molecule has 1 aliphatic carbocycles. The van der Waals surface area contributed by atoms with Gasteiger partial charge in [-0.15, -0.1) is 0 Å². The molecular formula is C25H27ClFN3O. The first-order chi connectivity index (χ1) is 14.9. The zero-order chi connectivity index (χ0) is 22.1. The van der Waals surface area contributed by atoms with E-state index in [0.717, 1.165) is 47.8 Å². The number of carbonyl (C=O) groups excluding carboxylic acids is 1. The van der Waals surface area contributed by atoms with Gasteiger partial charge in [-0.25, -0.2) is 4.39 Å². The lowest BCUT2D eigenvalue weighted by molar-refractivity contribution is 0.101. The lowest BCUT2D eigenvalue weighted by Crippen LogP contribution is -2.35. The average Bonchev–Trinajstić information content (AvgIpc) is 2.77. The smallest absolute Gasteiger partial charge is 0.163 e. The van der Waals surface area contributed by atoms with E-state index < -0.39 is 0 Å². The van der Waals surface area contributed by atoms with Gasteiger partial charge in [-0.1, -0.05) is 17.7 Å². The fourth-order valence-corrected chi connectivity index (χ4v) is 4.54. The molecule has 6 heteroatoms. The van der Waals surface area contributed by atoms with Crippen molar-refractivity contribution in [2.24, 2.45) is 0 Å². The quantitative estimate of drug-likeness (QED) is 0.468. The summed E-state index contributed by atoms with van der Waals surface area (Å²) >= 11 is 6.22. The SMILES string of the molecule is CNC1CCC(Nc2c(C(C)=O)cnc3ccc(-c4cc(F)c(C)c(Cl)c4)cc23)CC1. The zero-order valence-corrected chi connectivity index (χ0v) is 18.8. The van der Waals surface area contributed by atoms with Crippen LogP contribution in [0.1, 0.15) is 48.5 Å². The number of hydrogen-bond donors (Lipinski definition) is 2. The van der Waals surface area contributed by atoms with E-state index in [9.17, 15) is 9.18 Å². The first-order valence-corrected chi connectivity index (χ1v) is 11.1. The number of carbonyl (C=O) groups is 1. The Morgan fingerprint density at radius 1 is 1.10 bits per heavy atom. The number of fused-ring (bicyclic) bond motifs is 1. The molecule has 0 unspecified atom stereocenters. The van der Waals surface area contributed by atoms with E-state index in [2.05, 4.69) is 15.6 Å². The highest BCUT2D eigenvalue weighted by Crippen LogP contribution is 2.34. The van der Waals surface area contributed by atoms with Crippen LogP contribution in [0.2, 0.25) is 5.02 Å². The van der Waals surface area contributed by atoms with Gasteiger partial charge in [0.25, 0.3) is 0 Å². The summed E-state index contributed by atoms with van der Waals surface area (Å²) in [6.07, 6.45) is 5.91. The second kappa shape index (κ2) is 8.93. The predicted octanol–water partition coefficient (Wildman–Crippen LogP) is 6.15. The minimum atomic E-state index is -0.335. The molecule has 0 saturated heterocycles. The number of anilines is 1. The van der Waals surface area contributed by atoms with Crippen molar-refractivity contribution in [3.63, 3.8) is 0 Å². The van der Waals surface area contributed by atoms with Crippen LogP contribution in [0.25, 0.3) is 22.0 Å². The lowest BCUT2D eigenvalue weighted by atomic mass is 9.90. The summed E-state index contributed by atoms with van der Waals surface area (Å²) in [5.41, 5.74) is 4.14. The second-order valence-corrected chi connectivity index (χ2v) is 8.79. The zero-order valence-electron chi connectivity index (χ0n) is 18.1. The summed E-state index contributed by atoms with van der Waals surface area (Å²) in [4.78, 5) is 16.9. The van der Waals surface area contributed by atoms with Crippen molar-refractivity contribution in [3.8, 4) is 11.1 Å². The lowest BCUT2D eigenvalue weighted by Gasteiger charge is -2.30. The van der Waals surface area contributed by atoms with Gasteiger partial charge >= 0.3 is 0 Å². The first kappa shape index (κ1) is 21.7. The van der Waals surface area contributed by atoms with Crippen LogP contribution < -0.4 is 10.6 Å². The highest BCUT2D eigenvalue weighted by Gasteiger charge is 2.22. The van der Waals surface area contributed by atoms with Crippen LogP contribution in [-0.4, -0.2) is 29.9 Å². The fraction of sp³-hybridized carbons (Fsp3) is 0.360. The maximum absolute atomic E-state index is 14.3. The number of rotatable bonds is 5. The van der Waals surface area contributed by atoms with Gasteiger partial charge in [-0.2, -0.15) is 0 Å². The molecule has 2 aromatic carbocycles. The molecule has 0 spiro atoms. The summed E-state index contributed by atoms with van der Waals surface area (Å²) in [5.74, 6) is -0.367. The summed E-state index contributed by atoms with van der Waals surface area (Å²) < 4.78 is 14.3. The van der Waals surface area contributed by atoms with Crippen LogP contribution in [0.3, 0.4) is 0 Å². The number of aromatic nitrogens is 1. The van der Waals surface area contributed by atoms with Crippen molar-refractivity contribution >= 4 is 34.0 Å². The number of benzene rings is 2. The first-order valence-electron chi connectivity index (χ1n) is 10.7. The van der Waals surface area contributed by atoms with E-state index in [1.165, 1.54) is 6.07 Å². The molecule has 31 heavy (non-hydrogen) atoms. The number of halogens is 2. The van der Waals surface area contributed by atoms with Gasteiger partial charge in [0.1, 0.15) is 5.82 Å². The second-order valence-electron chi connectivity index (χ2n) is 8.38. The molecule has 0 bridgehead atoms. The molecule has 2 N–H and O–H groups in total. The molecule has 1 heterocycles. The molecule has 0 radical (unpaired) electrons. The van der Waals surface area contributed by atoms with Gasteiger partial charge < -0.3 is 10.6 Å². The minimum absolute atomic E-state index is 0.0318. The van der Waals surface area contributed by atoms with Crippen molar-refractivity contribution < 1.29 is 9.18 Å². The van der Waals surface area contributed by atoms with Crippen molar-refractivity contribution in [2.45, 2.75) is 51.6 Å². The van der Waals surface area contributed by atoms with Crippen LogP contribution in [-0.2, 0) is 0 Å². The third-order valence-corrected chi connectivity index (χ3v) is 6.74. The normalized spacial score (nSPS) is 18.9. The average molecular weight is 440 g/mol. The maximum Gasteiger partial charge on any atom is 0.163 e. The number of Topliss-reactive ketones (excluding diaryl/α,β-unsaturated/α-hetero) is 1. The highest BCUT2D eigenvalue weighted by atomic mass is 35.5. The Morgan fingerprint density at radius 2 is 1.81 bits per heavy atom. The summed E-state index contributed by atoms with van der Waals surface area (Å²) in [6, 6.07) is 9.90. The standard InChI is InChI=1S/C25H27ClFN3O/c1-14-22(26)11-17(12-23(14)27)16-4-9-24-20(10-16)25(21(13-29-24)15(2)31)30-19-7-5-18(28-3)6-8-19/h4,9-13,18-19,28H,5-8H2,1-3H3,(H,29,30). The third kappa shape index (κ3) is 4.43. The molecule has 0 aliphatic heterocycles. The number of ketones is 1. The van der Waals surface area contributed by atoms with Crippen LogP contribution in [0, 0.1) is 12.7 Å². The van der Waals surface area contributed by atoms with Gasteiger partial charge in [0.05, 0.1) is 16.8 Å². The number of pyridine rings is 1. The minimum Gasteiger partial charge on any atom is -0.381 e. The van der Waals surface area contributed by atoms with Gasteiger partial charge in [0, 0.05) is 34.3 Å². The van der Waals surface area contributed by atoms with Crippen LogP contribution in [0.4, 0.5) is 10.1 Å². The topological polar surface area (TPSA) is 54.0 Å². The van der Waals surface area contributed by atoms with Gasteiger partial charge in [-0.05, 0) is 82.0 Å². The number of nitrogens with zero attached hydrogens (tertiary/aromatic N) is 1. The largest absolute Gasteiger partial charge is 0.381 e. The Morgan fingerprint density at radius 3 is 2.45 bits per heavy atom. The van der Waals surface area contributed by atoms with Gasteiger partial charge in [0.2, 0.25) is 0 Å². The molecule has 1 fully saturated rings. The Balaban J connectivity index is 1.78. The number of nitrogens with one attached hydrogen (secondary N) is 2. The number of hydrogen-bond acceptors (Lipinski definition) is 4. The van der Waals surface area contributed by atoms with E-state index in [-0.39, 0.29) is 11.6 Å². The molecular weight excluding hydrogens is 413 g/mol. The molecule has 4 rings (SSSR count). The van der Waals surface area contributed by atoms with Crippen LogP contribution in [0.15, 0.2) is 36.5 Å². The van der Waals surface area contributed by atoms with Gasteiger partial charge in [-0.3, -0.25) is 9.78 Å². The Kier molecular flexibility index (Phi) is 6.26. The van der Waals surface area contributed by atoms with E-state index in [1.807, 2.05) is 25.2 Å². The molecule has 0 atom stereocenters. The molecule has 4 nitrogen and oxygen atoms in total. The van der Waals surface area contributed by atoms with E-state index >= 15 is 0 Å². The van der Waals surface area contributed by atoms with Crippen molar-refractivity contribution in [3.05, 3.63) is 58.5 Å². The summed E-state index contributed by atoms with van der Waals surface area (Å²) in [7, 11) is 2.00. The maximum atomic E-state index is 14.3. The van der Waals surface area contributed by atoms with Crippen molar-refractivity contribution in [2.75, 3.05) is 12.4 Å². The fourth-order valence-electron chi connectivity index (χ4n) is 4.34. The van der Waals surface area contributed by atoms with Gasteiger partial charge in [0.15, 0.2) is 5.78 Å². The Hall–Kier alpha value is -2.50. The Bertz CT molecular complexity index is 1120. The summed E-state index contributed by atoms with van der Waals surface area (Å²) in [5, 5.41) is 8.25.